The predicted octanol–water partition coefficient (Wildman–Crippen LogP) is -0.276. The summed E-state index contributed by atoms with van der Waals surface area (Å²) in [6, 6.07) is 0. The summed E-state index contributed by atoms with van der Waals surface area (Å²) in [5.41, 5.74) is 0. The number of carbonyl (C=O) groups excluding carboxylic acids is 1. The summed E-state index contributed by atoms with van der Waals surface area (Å²) in [5.74, 6) is -2.04. The molecule has 90 valence electrons. The Morgan fingerprint density at radius 3 is 1.40 bits per heavy atom. The van der Waals surface area contributed by atoms with E-state index in [-0.39, 0.29) is 19.0 Å². The van der Waals surface area contributed by atoms with Gasteiger partial charge in [0.1, 0.15) is 0 Å². The molecule has 15 heavy (non-hydrogen) atoms. The number of carboxylic acid groups (broad SMARTS) is 2. The molecule has 0 rings (SSSR count). The first-order chi connectivity index (χ1) is 6.77. The second-order valence-electron chi connectivity index (χ2n) is 2.09. The summed E-state index contributed by atoms with van der Waals surface area (Å²) in [7, 11) is 1.29. The third kappa shape index (κ3) is 117. The molecule has 0 aromatic heterocycles. The number of hydrogen-bond donors (Lipinski definition) is 3. The van der Waals surface area contributed by atoms with Crippen LogP contribution in [0.4, 0.5) is 0 Å². The van der Waals surface area contributed by atoms with Gasteiger partial charge < -0.3 is 20.1 Å². The van der Waals surface area contributed by atoms with Crippen molar-refractivity contribution in [2.45, 2.75) is 20.3 Å². The summed E-state index contributed by atoms with van der Waals surface area (Å²) in [6.45, 7) is 2.03. The van der Waals surface area contributed by atoms with E-state index in [2.05, 4.69) is 4.74 Å². The second-order valence-corrected chi connectivity index (χ2v) is 2.09. The van der Waals surface area contributed by atoms with Crippen LogP contribution in [0.15, 0.2) is 0 Å². The molecule has 0 saturated carbocycles. The molecule has 0 amide bonds. The minimum atomic E-state index is -0.833. The van der Waals surface area contributed by atoms with E-state index in [0.717, 1.165) is 13.8 Å². The Morgan fingerprint density at radius 2 is 1.33 bits per heavy atom. The van der Waals surface area contributed by atoms with Crippen LogP contribution in [-0.4, -0.2) is 46.9 Å². The SMILES string of the molecule is CC(=O)O.CC(=O)O.COC(=O)CCO. The highest BCUT2D eigenvalue weighted by atomic mass is 16.5. The van der Waals surface area contributed by atoms with Gasteiger partial charge in [-0.05, 0) is 0 Å². The van der Waals surface area contributed by atoms with Gasteiger partial charge in [0.2, 0.25) is 0 Å². The van der Waals surface area contributed by atoms with Gasteiger partial charge in [-0.15, -0.1) is 0 Å². The van der Waals surface area contributed by atoms with Crippen LogP contribution in [0.3, 0.4) is 0 Å². The average molecular weight is 224 g/mol. The van der Waals surface area contributed by atoms with Gasteiger partial charge in [0.15, 0.2) is 0 Å². The quantitative estimate of drug-likeness (QED) is 0.551. The lowest BCUT2D eigenvalue weighted by molar-refractivity contribution is -0.141. The number of methoxy groups -OCH3 is 1. The van der Waals surface area contributed by atoms with Gasteiger partial charge in [0.25, 0.3) is 11.9 Å². The molecule has 0 aliphatic heterocycles. The molecule has 0 fully saturated rings. The van der Waals surface area contributed by atoms with Crippen molar-refractivity contribution in [1.82, 2.24) is 0 Å². The summed E-state index contributed by atoms with van der Waals surface area (Å²) in [6.07, 6.45) is 0.0938. The Bertz CT molecular complexity index is 167. The lowest BCUT2D eigenvalue weighted by Gasteiger charge is -1.90. The van der Waals surface area contributed by atoms with Crippen LogP contribution >= 0.6 is 0 Å². The molecule has 0 spiro atoms. The van der Waals surface area contributed by atoms with Crippen LogP contribution in [0.2, 0.25) is 0 Å². The maximum atomic E-state index is 10.0. The predicted molar refractivity (Wildman–Crippen MR) is 50.3 cm³/mol. The Balaban J connectivity index is -0.000000155. The fourth-order valence-corrected chi connectivity index (χ4v) is 0.193. The van der Waals surface area contributed by atoms with E-state index in [1.807, 2.05) is 0 Å². The van der Waals surface area contributed by atoms with Crippen molar-refractivity contribution < 1.29 is 34.4 Å². The van der Waals surface area contributed by atoms with Crippen molar-refractivity contribution in [3.63, 3.8) is 0 Å². The van der Waals surface area contributed by atoms with Gasteiger partial charge in [-0.25, -0.2) is 0 Å². The fraction of sp³-hybridized carbons (Fsp3) is 0.625. The molecule has 0 aliphatic carbocycles. The molecule has 0 atom stereocenters. The summed E-state index contributed by atoms with van der Waals surface area (Å²) < 4.78 is 4.19. The van der Waals surface area contributed by atoms with E-state index in [9.17, 15) is 4.79 Å². The highest BCUT2D eigenvalue weighted by molar-refractivity contribution is 5.69. The number of rotatable bonds is 2. The molecule has 7 nitrogen and oxygen atoms in total. The number of aliphatic hydroxyl groups is 1. The molecule has 0 aromatic rings. The second kappa shape index (κ2) is 14.9. The topological polar surface area (TPSA) is 121 Å². The minimum Gasteiger partial charge on any atom is -0.481 e. The van der Waals surface area contributed by atoms with Gasteiger partial charge in [-0.2, -0.15) is 0 Å². The monoisotopic (exact) mass is 224 g/mol. The molecular weight excluding hydrogens is 208 g/mol. The molecular formula is C8H16O7. The van der Waals surface area contributed by atoms with E-state index in [1.54, 1.807) is 0 Å². The Morgan fingerprint density at radius 1 is 1.07 bits per heavy atom. The number of ether oxygens (including phenoxy) is 1. The zero-order valence-electron chi connectivity index (χ0n) is 8.89. The van der Waals surface area contributed by atoms with Gasteiger partial charge in [-0.1, -0.05) is 0 Å². The molecule has 0 radical (unpaired) electrons. The fourth-order valence-electron chi connectivity index (χ4n) is 0.193. The molecule has 0 unspecified atom stereocenters. The third-order valence-electron chi connectivity index (χ3n) is 0.544. The van der Waals surface area contributed by atoms with E-state index in [4.69, 9.17) is 24.9 Å². The highest BCUT2D eigenvalue weighted by Crippen LogP contribution is 1.78. The van der Waals surface area contributed by atoms with Gasteiger partial charge in [0, 0.05) is 13.8 Å². The summed E-state index contributed by atoms with van der Waals surface area (Å²) in [5, 5.41) is 22.9. The molecule has 0 aromatic carbocycles. The minimum absolute atomic E-state index is 0.0938. The van der Waals surface area contributed by atoms with Crippen LogP contribution in [0.25, 0.3) is 0 Å². The first kappa shape index (κ1) is 19.0. The van der Waals surface area contributed by atoms with Crippen molar-refractivity contribution in [3.8, 4) is 0 Å². The zero-order valence-corrected chi connectivity index (χ0v) is 8.89. The Kier molecular flexibility index (Phi) is 18.9. The standard InChI is InChI=1S/C4H8O3.2C2H4O2/c1-7-4(6)2-3-5;2*1-2(3)4/h5H,2-3H2,1H3;2*1H3,(H,3,4). The van der Waals surface area contributed by atoms with Crippen LogP contribution in [0.5, 0.6) is 0 Å². The van der Waals surface area contributed by atoms with E-state index >= 15 is 0 Å². The van der Waals surface area contributed by atoms with Crippen LogP contribution < -0.4 is 0 Å². The zero-order chi connectivity index (χ0) is 12.9. The third-order valence-corrected chi connectivity index (χ3v) is 0.544. The van der Waals surface area contributed by atoms with Crippen LogP contribution in [0, 0.1) is 0 Å². The van der Waals surface area contributed by atoms with Crippen molar-refractivity contribution in [2.75, 3.05) is 13.7 Å². The molecule has 0 heterocycles. The van der Waals surface area contributed by atoms with Gasteiger partial charge >= 0.3 is 5.97 Å². The Labute approximate surface area is 87.3 Å². The van der Waals surface area contributed by atoms with Gasteiger partial charge in [0.05, 0.1) is 20.1 Å². The summed E-state index contributed by atoms with van der Waals surface area (Å²) in [4.78, 5) is 28.0. The maximum Gasteiger partial charge on any atom is 0.307 e. The molecule has 0 aliphatic rings. The molecule has 3 N–H and O–H groups in total. The first-order valence-corrected chi connectivity index (χ1v) is 3.84. The number of esters is 1. The number of carboxylic acids is 2. The lowest BCUT2D eigenvalue weighted by atomic mass is 10.5. The van der Waals surface area contributed by atoms with Crippen molar-refractivity contribution in [2.24, 2.45) is 0 Å². The average Bonchev–Trinajstić information content (AvgIpc) is 2.02. The van der Waals surface area contributed by atoms with E-state index < -0.39 is 11.9 Å². The maximum absolute atomic E-state index is 10.0. The van der Waals surface area contributed by atoms with Crippen molar-refractivity contribution in [1.29, 1.82) is 0 Å². The summed E-state index contributed by atoms with van der Waals surface area (Å²) >= 11 is 0. The molecule has 0 saturated heterocycles. The number of aliphatic hydroxyl groups excluding tert-OH is 1. The van der Waals surface area contributed by atoms with E-state index in [1.165, 1.54) is 7.11 Å². The van der Waals surface area contributed by atoms with Gasteiger partial charge in [-0.3, -0.25) is 14.4 Å². The van der Waals surface area contributed by atoms with Crippen molar-refractivity contribution in [3.05, 3.63) is 0 Å². The van der Waals surface area contributed by atoms with Crippen molar-refractivity contribution >= 4 is 17.9 Å². The molecule has 0 bridgehead atoms. The Hall–Kier alpha value is -1.63. The number of aliphatic carboxylic acids is 2. The van der Waals surface area contributed by atoms with Crippen LogP contribution in [-0.2, 0) is 19.1 Å². The lowest BCUT2D eigenvalue weighted by Crippen LogP contribution is -2.01. The largest absolute Gasteiger partial charge is 0.481 e. The normalized spacial score (nSPS) is 7.20. The highest BCUT2D eigenvalue weighted by Gasteiger charge is 1.93. The number of carbonyl (C=O) groups is 3. The van der Waals surface area contributed by atoms with Crippen LogP contribution in [0.1, 0.15) is 20.3 Å². The van der Waals surface area contributed by atoms with E-state index in [0.29, 0.717) is 0 Å². The number of hydrogen-bond acceptors (Lipinski definition) is 5. The smallest absolute Gasteiger partial charge is 0.307 e. The first-order valence-electron chi connectivity index (χ1n) is 3.84. The molecule has 7 heteroatoms.